The van der Waals surface area contributed by atoms with Crippen LogP contribution in [0.3, 0.4) is 0 Å². The first-order chi connectivity index (χ1) is 20.9. The Bertz CT molecular complexity index is 1650. The van der Waals surface area contributed by atoms with E-state index >= 15 is 0 Å². The van der Waals surface area contributed by atoms with E-state index in [-0.39, 0.29) is 24.3 Å². The Balaban J connectivity index is 1.27. The third-order valence-corrected chi connectivity index (χ3v) is 11.8. The van der Waals surface area contributed by atoms with Gasteiger partial charge in [0.15, 0.2) is 5.82 Å². The molecule has 10 nitrogen and oxygen atoms in total. The molecule has 2 aromatic carbocycles. The average Bonchev–Trinajstić information content (AvgIpc) is 3.51. The van der Waals surface area contributed by atoms with Gasteiger partial charge in [0.25, 0.3) is 5.91 Å². The van der Waals surface area contributed by atoms with Crippen molar-refractivity contribution in [2.75, 3.05) is 60.3 Å². The van der Waals surface area contributed by atoms with Crippen molar-refractivity contribution in [3.63, 3.8) is 0 Å². The maximum atomic E-state index is 13.9. The molecule has 3 aliphatic rings. The molecule has 2 fully saturated rings. The topological polar surface area (TPSA) is 114 Å². The third kappa shape index (κ3) is 5.92. The number of rotatable bonds is 7. The van der Waals surface area contributed by atoms with Crippen LogP contribution in [0, 0.1) is 11.6 Å². The minimum absolute atomic E-state index is 0.137. The molecule has 0 radical (unpaired) electrons. The lowest BCUT2D eigenvalue weighted by molar-refractivity contribution is 0.102. The largest absolute Gasteiger partial charge is 0.382 e. The Hall–Kier alpha value is -3.20. The van der Waals surface area contributed by atoms with Gasteiger partial charge in [-0.05, 0) is 75.6 Å². The van der Waals surface area contributed by atoms with Gasteiger partial charge in [-0.2, -0.15) is 21.2 Å². The lowest BCUT2D eigenvalue weighted by atomic mass is 10.0. The van der Waals surface area contributed by atoms with E-state index in [1.807, 2.05) is 30.0 Å². The Morgan fingerprint density at radius 1 is 1.05 bits per heavy atom. The number of aromatic amines is 1. The molecule has 0 saturated carbocycles. The maximum Gasteiger partial charge on any atom is 0.258 e. The van der Waals surface area contributed by atoms with Crippen LogP contribution in [0.1, 0.15) is 48.3 Å². The molecular weight excluding hydrogens is 609 g/mol. The summed E-state index contributed by atoms with van der Waals surface area (Å²) in [5, 5.41) is 13.8. The smallest absolute Gasteiger partial charge is 0.258 e. The highest BCUT2D eigenvalue weighted by Gasteiger charge is 2.48. The van der Waals surface area contributed by atoms with Gasteiger partial charge in [0, 0.05) is 61.8 Å². The highest BCUT2D eigenvalue weighted by molar-refractivity contribution is 7.99. The number of carbonyl (C=O) groups is 1. The lowest BCUT2D eigenvalue weighted by Crippen LogP contribution is -2.44. The van der Waals surface area contributed by atoms with Gasteiger partial charge in [0.05, 0.1) is 21.7 Å². The molecule has 236 valence electrons. The number of halogens is 2. The molecule has 3 N–H and O–H groups in total. The second-order valence-electron chi connectivity index (χ2n) is 12.1. The van der Waals surface area contributed by atoms with Gasteiger partial charge in [0.1, 0.15) is 11.6 Å². The summed E-state index contributed by atoms with van der Waals surface area (Å²) in [5.41, 5.74) is 2.14. The van der Waals surface area contributed by atoms with E-state index in [0.29, 0.717) is 22.9 Å². The second kappa shape index (κ2) is 12.0. The van der Waals surface area contributed by atoms with Crippen molar-refractivity contribution in [1.29, 1.82) is 0 Å². The molecule has 0 bridgehead atoms. The van der Waals surface area contributed by atoms with Crippen molar-refractivity contribution in [3.8, 4) is 0 Å². The van der Waals surface area contributed by atoms with Crippen molar-refractivity contribution in [3.05, 3.63) is 64.9 Å². The highest BCUT2D eigenvalue weighted by Crippen LogP contribution is 2.44. The molecule has 0 aliphatic carbocycles. The first-order valence-corrected chi connectivity index (χ1v) is 17.3. The van der Waals surface area contributed by atoms with Gasteiger partial charge in [-0.3, -0.25) is 9.89 Å². The number of anilines is 3. The lowest BCUT2D eigenvalue weighted by Gasteiger charge is -2.34. The molecule has 0 atom stereocenters. The van der Waals surface area contributed by atoms with Crippen molar-refractivity contribution < 1.29 is 22.0 Å². The van der Waals surface area contributed by atoms with Crippen LogP contribution in [0.25, 0.3) is 0 Å². The number of nitrogens with zero attached hydrogens (tertiary/aromatic N) is 4. The zero-order valence-electron chi connectivity index (χ0n) is 25.0. The molecular formula is C30H37F2N7O3S2. The van der Waals surface area contributed by atoms with Gasteiger partial charge in [-0.15, -0.1) is 0 Å². The standard InChI is InChI=1S/C30H37F2N7O3S2/c1-30(2)27-25(18-39(30)44(41,42)23-15-19(31)14-20(32)16-23)28(36-35-27)34-29(40)24-5-4-22(38-10-8-37(3)9-11-38)17-26(24)33-21-6-12-43-13-7-21/h4-5,14-17,21,33H,6-13,18H2,1-3H3,(H2,34,35,36,40). The molecule has 2 saturated heterocycles. The number of amides is 1. The molecule has 4 heterocycles. The van der Waals surface area contributed by atoms with Crippen LogP contribution in [0.5, 0.6) is 0 Å². The summed E-state index contributed by atoms with van der Waals surface area (Å²) in [6.07, 6.45) is 2.01. The van der Waals surface area contributed by atoms with Gasteiger partial charge in [0.2, 0.25) is 10.0 Å². The zero-order chi connectivity index (χ0) is 31.2. The first-order valence-electron chi connectivity index (χ1n) is 14.7. The quantitative estimate of drug-likeness (QED) is 0.346. The number of H-pyrrole nitrogens is 1. The van der Waals surface area contributed by atoms with Crippen molar-refractivity contribution in [2.24, 2.45) is 0 Å². The van der Waals surface area contributed by atoms with Crippen LogP contribution < -0.4 is 15.5 Å². The third-order valence-electron chi connectivity index (χ3n) is 8.76. The Morgan fingerprint density at radius 3 is 2.41 bits per heavy atom. The number of thioether (sulfide) groups is 1. The van der Waals surface area contributed by atoms with Gasteiger partial charge < -0.3 is 20.4 Å². The molecule has 3 aliphatic heterocycles. The summed E-state index contributed by atoms with van der Waals surface area (Å²) in [4.78, 5) is 17.9. The van der Waals surface area contributed by atoms with Gasteiger partial charge in [-0.1, -0.05) is 0 Å². The van der Waals surface area contributed by atoms with Crippen LogP contribution in [-0.4, -0.2) is 84.5 Å². The van der Waals surface area contributed by atoms with Crippen LogP contribution >= 0.6 is 11.8 Å². The molecule has 44 heavy (non-hydrogen) atoms. The number of piperazine rings is 1. The second-order valence-corrected chi connectivity index (χ2v) is 15.2. The summed E-state index contributed by atoms with van der Waals surface area (Å²) in [7, 11) is -2.18. The minimum Gasteiger partial charge on any atom is -0.382 e. The Kier molecular flexibility index (Phi) is 8.37. The molecule has 0 spiro atoms. The first kappa shape index (κ1) is 30.8. The highest BCUT2D eigenvalue weighted by atomic mass is 32.2. The molecule has 3 aromatic rings. The fourth-order valence-corrected chi connectivity index (χ4v) is 9.01. The summed E-state index contributed by atoms with van der Waals surface area (Å²) >= 11 is 1.93. The van der Waals surface area contributed by atoms with Crippen molar-refractivity contribution in [1.82, 2.24) is 19.4 Å². The summed E-state index contributed by atoms with van der Waals surface area (Å²) in [6, 6.07) is 8.32. The molecule has 1 amide bonds. The number of fused-ring (bicyclic) bond motifs is 1. The fourth-order valence-electron chi connectivity index (χ4n) is 6.13. The predicted molar refractivity (Wildman–Crippen MR) is 169 cm³/mol. The normalized spacial score (nSPS) is 19.6. The van der Waals surface area contributed by atoms with E-state index < -0.39 is 32.1 Å². The van der Waals surface area contributed by atoms with Gasteiger partial charge in [-0.25, -0.2) is 17.2 Å². The van der Waals surface area contributed by atoms with E-state index in [0.717, 1.165) is 78.3 Å². The summed E-state index contributed by atoms with van der Waals surface area (Å²) in [5.74, 6) is 0.00249. The maximum absolute atomic E-state index is 13.9. The van der Waals surface area contributed by atoms with Gasteiger partial charge >= 0.3 is 0 Å². The van der Waals surface area contributed by atoms with Crippen LogP contribution in [0.2, 0.25) is 0 Å². The molecule has 0 unspecified atom stereocenters. The molecule has 1 aromatic heterocycles. The number of likely N-dealkylation sites (N-methyl/N-ethyl adjacent to an activating group) is 1. The Labute approximate surface area is 260 Å². The van der Waals surface area contributed by atoms with E-state index in [1.54, 1.807) is 13.8 Å². The monoisotopic (exact) mass is 645 g/mol. The number of hydrogen-bond acceptors (Lipinski definition) is 8. The number of aromatic nitrogens is 2. The van der Waals surface area contributed by atoms with Crippen LogP contribution in [0.15, 0.2) is 41.3 Å². The van der Waals surface area contributed by atoms with Crippen molar-refractivity contribution in [2.45, 2.75) is 49.7 Å². The average molecular weight is 646 g/mol. The fraction of sp³-hybridized carbons (Fsp3) is 0.467. The number of sulfonamides is 1. The number of nitrogens with one attached hydrogen (secondary N) is 3. The number of benzene rings is 2. The van der Waals surface area contributed by atoms with E-state index in [9.17, 15) is 22.0 Å². The van der Waals surface area contributed by atoms with E-state index in [2.05, 4.69) is 37.7 Å². The SMILES string of the molecule is CN1CCN(c2ccc(C(=O)Nc3n[nH]c4c3CN(S(=O)(=O)c3cc(F)cc(F)c3)C4(C)C)c(NC3CCSCC3)c2)CC1. The molecule has 6 rings (SSSR count). The zero-order valence-corrected chi connectivity index (χ0v) is 26.6. The minimum atomic E-state index is -4.29. The molecule has 14 heteroatoms. The summed E-state index contributed by atoms with van der Waals surface area (Å²) < 4.78 is 56.1. The Morgan fingerprint density at radius 2 is 1.73 bits per heavy atom. The van der Waals surface area contributed by atoms with E-state index in [1.165, 1.54) is 0 Å². The van der Waals surface area contributed by atoms with Crippen molar-refractivity contribution >= 4 is 44.9 Å². The van der Waals surface area contributed by atoms with E-state index in [4.69, 9.17) is 0 Å². The van der Waals surface area contributed by atoms with Crippen LogP contribution in [0.4, 0.5) is 26.0 Å². The summed E-state index contributed by atoms with van der Waals surface area (Å²) in [6.45, 7) is 6.95. The number of carbonyl (C=O) groups excluding carboxylic acids is 1. The predicted octanol–water partition coefficient (Wildman–Crippen LogP) is 4.44. The van der Waals surface area contributed by atoms with Crippen LogP contribution in [-0.2, 0) is 22.1 Å². The number of hydrogen-bond donors (Lipinski definition) is 3.